The highest BCUT2D eigenvalue weighted by molar-refractivity contribution is 7.74. The molecule has 1 atom stereocenters. The Balaban J connectivity index is 2.11. The van der Waals surface area contributed by atoms with E-state index in [2.05, 4.69) is 10.2 Å². The summed E-state index contributed by atoms with van der Waals surface area (Å²) in [6, 6.07) is 20.0. The standard InChI is InChI=1S/C16H12N2O3S/c19-22(20)21-15-11-10-12-6-4-5-9-14(12)16(15)18-17-13-7-2-1-3-8-13/h1-11H,(H,19,20)/p-1. The molecular formula is C16H11N2O3S-. The Labute approximate surface area is 129 Å². The normalized spacial score (nSPS) is 12.6. The van der Waals surface area contributed by atoms with Gasteiger partial charge in [0.2, 0.25) is 0 Å². The van der Waals surface area contributed by atoms with E-state index in [9.17, 15) is 8.76 Å². The van der Waals surface area contributed by atoms with Gasteiger partial charge in [0.1, 0.15) is 17.0 Å². The summed E-state index contributed by atoms with van der Waals surface area (Å²) in [6.45, 7) is 0. The smallest absolute Gasteiger partial charge is 0.167 e. The number of azo groups is 1. The lowest BCUT2D eigenvalue weighted by atomic mass is 10.1. The molecule has 6 heteroatoms. The molecule has 0 aliphatic carbocycles. The molecule has 0 N–H and O–H groups in total. The van der Waals surface area contributed by atoms with E-state index in [-0.39, 0.29) is 5.75 Å². The van der Waals surface area contributed by atoms with Crippen molar-refractivity contribution in [3.8, 4) is 5.75 Å². The van der Waals surface area contributed by atoms with E-state index < -0.39 is 11.4 Å². The van der Waals surface area contributed by atoms with Gasteiger partial charge >= 0.3 is 0 Å². The molecule has 0 fully saturated rings. The van der Waals surface area contributed by atoms with Crippen LogP contribution in [0.1, 0.15) is 0 Å². The highest BCUT2D eigenvalue weighted by Gasteiger charge is 2.09. The summed E-state index contributed by atoms with van der Waals surface area (Å²) < 4.78 is 26.5. The van der Waals surface area contributed by atoms with Crippen molar-refractivity contribution in [3.05, 3.63) is 66.7 Å². The monoisotopic (exact) mass is 311 g/mol. The first kappa shape index (κ1) is 14.4. The molecule has 0 bridgehead atoms. The summed E-state index contributed by atoms with van der Waals surface area (Å²) >= 11 is -2.67. The quantitative estimate of drug-likeness (QED) is 0.528. The average Bonchev–Trinajstić information content (AvgIpc) is 2.54. The second-order valence-electron chi connectivity index (χ2n) is 4.46. The van der Waals surface area contributed by atoms with Crippen molar-refractivity contribution in [3.63, 3.8) is 0 Å². The second-order valence-corrected chi connectivity index (χ2v) is 5.03. The molecule has 0 saturated carbocycles. The van der Waals surface area contributed by atoms with Gasteiger partial charge in [-0.05, 0) is 23.6 Å². The lowest BCUT2D eigenvalue weighted by Gasteiger charge is -2.11. The molecule has 3 rings (SSSR count). The maximum Gasteiger partial charge on any atom is 0.167 e. The molecule has 3 aromatic carbocycles. The molecule has 0 aliphatic rings. The minimum Gasteiger partial charge on any atom is -0.740 e. The van der Waals surface area contributed by atoms with E-state index in [4.69, 9.17) is 4.18 Å². The minimum atomic E-state index is -2.67. The number of hydrogen-bond acceptors (Lipinski definition) is 5. The summed E-state index contributed by atoms with van der Waals surface area (Å²) in [7, 11) is 0. The van der Waals surface area contributed by atoms with E-state index in [1.807, 2.05) is 42.5 Å². The van der Waals surface area contributed by atoms with Crippen LogP contribution in [0, 0.1) is 0 Å². The highest BCUT2D eigenvalue weighted by Crippen LogP contribution is 2.37. The predicted octanol–water partition coefficient (Wildman–Crippen LogP) is 4.43. The van der Waals surface area contributed by atoms with Gasteiger partial charge in [-0.15, -0.1) is 5.11 Å². The molecule has 0 aliphatic heterocycles. The van der Waals surface area contributed by atoms with Crippen molar-refractivity contribution in [2.45, 2.75) is 0 Å². The van der Waals surface area contributed by atoms with E-state index >= 15 is 0 Å². The number of nitrogens with zero attached hydrogens (tertiary/aromatic N) is 2. The van der Waals surface area contributed by atoms with Crippen LogP contribution in [-0.4, -0.2) is 8.76 Å². The van der Waals surface area contributed by atoms with Gasteiger partial charge in [-0.2, -0.15) is 5.11 Å². The Morgan fingerprint density at radius 2 is 1.59 bits per heavy atom. The van der Waals surface area contributed by atoms with Gasteiger partial charge in [0.05, 0.1) is 5.69 Å². The number of rotatable bonds is 4. The van der Waals surface area contributed by atoms with Gasteiger partial charge in [0.25, 0.3) is 0 Å². The predicted molar refractivity (Wildman–Crippen MR) is 84.1 cm³/mol. The first-order chi connectivity index (χ1) is 10.7. The first-order valence-electron chi connectivity index (χ1n) is 6.50. The zero-order valence-corrected chi connectivity index (χ0v) is 12.2. The Kier molecular flexibility index (Phi) is 4.22. The van der Waals surface area contributed by atoms with Crippen molar-refractivity contribution in [2.24, 2.45) is 10.2 Å². The molecule has 0 saturated heterocycles. The Morgan fingerprint density at radius 3 is 2.36 bits per heavy atom. The maximum atomic E-state index is 10.8. The van der Waals surface area contributed by atoms with Crippen LogP contribution < -0.4 is 4.18 Å². The summed E-state index contributed by atoms with van der Waals surface area (Å²) in [5.74, 6) is 0.145. The Bertz CT molecular complexity index is 850. The van der Waals surface area contributed by atoms with Gasteiger partial charge < -0.3 is 8.74 Å². The van der Waals surface area contributed by atoms with Gasteiger partial charge in [-0.3, -0.25) is 0 Å². The topological polar surface area (TPSA) is 74.1 Å². The SMILES string of the molecule is O=S([O-])Oc1ccc2ccccc2c1N=Nc1ccccc1. The fourth-order valence-electron chi connectivity index (χ4n) is 2.08. The molecular weight excluding hydrogens is 300 g/mol. The van der Waals surface area contributed by atoms with Gasteiger partial charge in [0, 0.05) is 5.39 Å². The summed E-state index contributed by atoms with van der Waals surface area (Å²) in [4.78, 5) is 0. The van der Waals surface area contributed by atoms with Crippen LogP contribution in [0.2, 0.25) is 0 Å². The van der Waals surface area contributed by atoms with Crippen molar-refractivity contribution in [1.82, 2.24) is 0 Å². The van der Waals surface area contributed by atoms with Gasteiger partial charge in [0.15, 0.2) is 5.75 Å². The first-order valence-corrected chi connectivity index (χ1v) is 7.50. The summed E-state index contributed by atoms with van der Waals surface area (Å²) in [6.07, 6.45) is 0. The summed E-state index contributed by atoms with van der Waals surface area (Å²) in [5.41, 5.74) is 1.05. The molecule has 0 heterocycles. The van der Waals surface area contributed by atoms with Crippen molar-refractivity contribution >= 4 is 33.5 Å². The van der Waals surface area contributed by atoms with E-state index in [1.54, 1.807) is 24.3 Å². The van der Waals surface area contributed by atoms with Gasteiger partial charge in [-0.25, -0.2) is 4.21 Å². The lowest BCUT2D eigenvalue weighted by molar-refractivity contribution is 0.441. The fraction of sp³-hybridized carbons (Fsp3) is 0. The van der Waals surface area contributed by atoms with E-state index in [1.165, 1.54) is 0 Å². The zero-order valence-electron chi connectivity index (χ0n) is 11.4. The van der Waals surface area contributed by atoms with Crippen LogP contribution in [0.3, 0.4) is 0 Å². The third-order valence-corrected chi connectivity index (χ3v) is 3.36. The van der Waals surface area contributed by atoms with Crippen LogP contribution in [0.5, 0.6) is 5.75 Å². The molecule has 110 valence electrons. The van der Waals surface area contributed by atoms with Crippen LogP contribution >= 0.6 is 0 Å². The van der Waals surface area contributed by atoms with Crippen LogP contribution in [0.15, 0.2) is 77.0 Å². The van der Waals surface area contributed by atoms with Crippen LogP contribution in [0.4, 0.5) is 11.4 Å². The van der Waals surface area contributed by atoms with Crippen molar-refractivity contribution < 1.29 is 12.9 Å². The third kappa shape index (κ3) is 3.19. The van der Waals surface area contributed by atoms with E-state index in [0.29, 0.717) is 11.4 Å². The van der Waals surface area contributed by atoms with Crippen LogP contribution in [0.25, 0.3) is 10.8 Å². The fourth-order valence-corrected chi connectivity index (χ4v) is 2.36. The Morgan fingerprint density at radius 1 is 0.864 bits per heavy atom. The van der Waals surface area contributed by atoms with E-state index in [0.717, 1.165) is 10.8 Å². The second kappa shape index (κ2) is 6.46. The maximum absolute atomic E-state index is 10.8. The molecule has 22 heavy (non-hydrogen) atoms. The lowest BCUT2D eigenvalue weighted by Crippen LogP contribution is -1.98. The van der Waals surface area contributed by atoms with Gasteiger partial charge in [-0.1, -0.05) is 48.5 Å². The molecule has 5 nitrogen and oxygen atoms in total. The highest BCUT2D eigenvalue weighted by atomic mass is 32.2. The molecule has 1 unspecified atom stereocenters. The van der Waals surface area contributed by atoms with Crippen LogP contribution in [-0.2, 0) is 11.4 Å². The number of hydrogen-bond donors (Lipinski definition) is 0. The molecule has 0 spiro atoms. The van der Waals surface area contributed by atoms with Crippen molar-refractivity contribution in [2.75, 3.05) is 0 Å². The largest absolute Gasteiger partial charge is 0.740 e. The molecule has 0 amide bonds. The minimum absolute atomic E-state index is 0.145. The summed E-state index contributed by atoms with van der Waals surface area (Å²) in [5, 5.41) is 10.0. The molecule has 3 aromatic rings. The zero-order chi connectivity index (χ0) is 15.4. The number of fused-ring (bicyclic) bond motifs is 1. The average molecular weight is 311 g/mol. The third-order valence-electron chi connectivity index (χ3n) is 3.04. The Hall–Kier alpha value is -2.57. The molecule has 0 radical (unpaired) electrons. The molecule has 0 aromatic heterocycles. The van der Waals surface area contributed by atoms with Crippen molar-refractivity contribution in [1.29, 1.82) is 0 Å². The number of benzene rings is 3.